The Morgan fingerprint density at radius 3 is 2.85 bits per heavy atom. The highest BCUT2D eigenvalue weighted by molar-refractivity contribution is 6.30. The molecule has 1 atom stereocenters. The fourth-order valence-electron chi connectivity index (χ4n) is 1.85. The van der Waals surface area contributed by atoms with Gasteiger partial charge in [0.15, 0.2) is 0 Å². The molecule has 0 aliphatic rings. The van der Waals surface area contributed by atoms with Crippen LogP contribution in [0.2, 0.25) is 5.02 Å². The van der Waals surface area contributed by atoms with E-state index in [1.165, 1.54) is 21.8 Å². The number of carbonyl (C=O) groups is 1. The fourth-order valence-corrected chi connectivity index (χ4v) is 1.99. The molecule has 0 saturated heterocycles. The summed E-state index contributed by atoms with van der Waals surface area (Å²) in [4.78, 5) is 12.3. The van der Waals surface area contributed by atoms with Gasteiger partial charge in [0.25, 0.3) is 0 Å². The third kappa shape index (κ3) is 2.65. The summed E-state index contributed by atoms with van der Waals surface area (Å²) in [5.74, 6) is 0.0987. The van der Waals surface area contributed by atoms with Crippen LogP contribution >= 0.6 is 11.6 Å². The summed E-state index contributed by atoms with van der Waals surface area (Å²) >= 11 is 5.81. The molecule has 0 radical (unpaired) electrons. The van der Waals surface area contributed by atoms with Crippen LogP contribution in [0.5, 0.6) is 0 Å². The van der Waals surface area contributed by atoms with Gasteiger partial charge in [0.05, 0.1) is 17.4 Å². The van der Waals surface area contributed by atoms with E-state index in [9.17, 15) is 4.79 Å². The molecule has 0 fully saturated rings. The first kappa shape index (κ1) is 14.1. The minimum Gasteiger partial charge on any atom is -0.308 e. The van der Waals surface area contributed by atoms with Gasteiger partial charge in [0, 0.05) is 13.2 Å². The largest absolute Gasteiger partial charge is 0.308 e. The molecule has 2 rings (SSSR count). The van der Waals surface area contributed by atoms with Crippen molar-refractivity contribution in [2.75, 3.05) is 5.32 Å². The highest BCUT2D eigenvalue weighted by Crippen LogP contribution is 2.18. The van der Waals surface area contributed by atoms with Crippen LogP contribution in [0.4, 0.5) is 5.82 Å². The highest BCUT2D eigenvalue weighted by atomic mass is 35.5. The molecule has 0 aromatic carbocycles. The number of nitrogens with one attached hydrogen (secondary N) is 1. The molecule has 104 valence electrons. The van der Waals surface area contributed by atoms with E-state index in [0.717, 1.165) is 0 Å². The zero-order valence-electron chi connectivity index (χ0n) is 11.0. The topological polar surface area (TPSA) is 88.5 Å². The average Bonchev–Trinajstić information content (AvgIpc) is 2.98. The van der Waals surface area contributed by atoms with Gasteiger partial charge < -0.3 is 5.32 Å². The Labute approximate surface area is 120 Å². The van der Waals surface area contributed by atoms with Gasteiger partial charge in [-0.05, 0) is 6.42 Å². The average molecular weight is 293 g/mol. The van der Waals surface area contributed by atoms with Crippen molar-refractivity contribution >= 4 is 23.3 Å². The maximum absolute atomic E-state index is 12.3. The Balaban J connectivity index is 2.22. The van der Waals surface area contributed by atoms with Gasteiger partial charge in [-0.25, -0.2) is 0 Å². The lowest BCUT2D eigenvalue weighted by Crippen LogP contribution is -2.27. The summed E-state index contributed by atoms with van der Waals surface area (Å²) in [7, 11) is 1.65. The molecule has 2 aromatic rings. The quantitative estimate of drug-likeness (QED) is 0.929. The van der Waals surface area contributed by atoms with Crippen LogP contribution in [0.3, 0.4) is 0 Å². The Kier molecular flexibility index (Phi) is 4.05. The van der Waals surface area contributed by atoms with Gasteiger partial charge in [0.2, 0.25) is 5.91 Å². The predicted molar refractivity (Wildman–Crippen MR) is 73.1 cm³/mol. The molecule has 0 saturated carbocycles. The van der Waals surface area contributed by atoms with Crippen molar-refractivity contribution in [3.63, 3.8) is 0 Å². The molecule has 2 heterocycles. The third-order valence-corrected chi connectivity index (χ3v) is 3.07. The molecule has 0 bridgehead atoms. The monoisotopic (exact) mass is 292 g/mol. The number of aryl methyl sites for hydroxylation is 1. The Bertz CT molecular complexity index is 668. The first-order valence-corrected chi connectivity index (χ1v) is 6.37. The summed E-state index contributed by atoms with van der Waals surface area (Å²) in [6.45, 7) is 1.87. The minimum atomic E-state index is -0.496. The molecule has 0 aliphatic heterocycles. The van der Waals surface area contributed by atoms with Crippen LogP contribution in [0.15, 0.2) is 18.6 Å². The second-order valence-electron chi connectivity index (χ2n) is 4.19. The SMILES string of the molecule is CC[C@H](C(=O)Nc1c(C#N)cnn1C)n1cc(Cl)cn1. The Hall–Kier alpha value is -2.33. The summed E-state index contributed by atoms with van der Waals surface area (Å²) in [6.07, 6.45) is 5.01. The van der Waals surface area contributed by atoms with E-state index in [-0.39, 0.29) is 5.91 Å². The molecular formula is C12H13ClN6O. The van der Waals surface area contributed by atoms with E-state index in [1.807, 2.05) is 13.0 Å². The number of amides is 1. The Morgan fingerprint density at radius 2 is 2.30 bits per heavy atom. The Morgan fingerprint density at radius 1 is 1.55 bits per heavy atom. The molecule has 2 aromatic heterocycles. The zero-order valence-corrected chi connectivity index (χ0v) is 11.8. The first-order valence-electron chi connectivity index (χ1n) is 5.99. The highest BCUT2D eigenvalue weighted by Gasteiger charge is 2.21. The van der Waals surface area contributed by atoms with E-state index >= 15 is 0 Å². The van der Waals surface area contributed by atoms with Crippen LogP contribution < -0.4 is 5.32 Å². The van der Waals surface area contributed by atoms with E-state index in [0.29, 0.717) is 22.8 Å². The van der Waals surface area contributed by atoms with E-state index in [4.69, 9.17) is 16.9 Å². The van der Waals surface area contributed by atoms with Crippen LogP contribution in [0.25, 0.3) is 0 Å². The second kappa shape index (κ2) is 5.75. The maximum Gasteiger partial charge on any atom is 0.250 e. The van der Waals surface area contributed by atoms with Crippen LogP contribution in [0.1, 0.15) is 24.9 Å². The number of hydrogen-bond acceptors (Lipinski definition) is 4. The number of rotatable bonds is 4. The van der Waals surface area contributed by atoms with Crippen LogP contribution in [-0.2, 0) is 11.8 Å². The van der Waals surface area contributed by atoms with Crippen molar-refractivity contribution in [2.45, 2.75) is 19.4 Å². The molecule has 0 spiro atoms. The molecule has 1 N–H and O–H groups in total. The predicted octanol–water partition coefficient (Wildman–Crippen LogP) is 1.73. The maximum atomic E-state index is 12.3. The van der Waals surface area contributed by atoms with Gasteiger partial charge in [-0.15, -0.1) is 0 Å². The number of anilines is 1. The van der Waals surface area contributed by atoms with Gasteiger partial charge in [-0.2, -0.15) is 15.5 Å². The van der Waals surface area contributed by atoms with Crippen LogP contribution in [0, 0.1) is 11.3 Å². The van der Waals surface area contributed by atoms with Gasteiger partial charge in [0.1, 0.15) is 23.5 Å². The van der Waals surface area contributed by atoms with Crippen molar-refractivity contribution in [3.8, 4) is 6.07 Å². The van der Waals surface area contributed by atoms with Crippen molar-refractivity contribution in [1.82, 2.24) is 19.6 Å². The summed E-state index contributed by atoms with van der Waals surface area (Å²) < 4.78 is 2.94. The van der Waals surface area contributed by atoms with E-state index in [1.54, 1.807) is 13.2 Å². The number of halogens is 1. The number of aromatic nitrogens is 4. The van der Waals surface area contributed by atoms with Crippen molar-refractivity contribution in [1.29, 1.82) is 5.26 Å². The fraction of sp³-hybridized carbons (Fsp3) is 0.333. The number of carbonyl (C=O) groups excluding carboxylic acids is 1. The summed E-state index contributed by atoms with van der Waals surface area (Å²) in [5, 5.41) is 20.1. The van der Waals surface area contributed by atoms with Gasteiger partial charge in [-0.3, -0.25) is 14.2 Å². The number of nitriles is 1. The van der Waals surface area contributed by atoms with Crippen LogP contribution in [-0.4, -0.2) is 25.5 Å². The standard InChI is InChI=1S/C12H13ClN6O/c1-3-10(19-7-9(13)6-16-19)12(20)17-11-8(4-14)5-15-18(11)2/h5-7,10H,3H2,1-2H3,(H,17,20)/t10-/m1/s1. The molecule has 8 heteroatoms. The van der Waals surface area contributed by atoms with Gasteiger partial charge in [-0.1, -0.05) is 18.5 Å². The normalized spacial score (nSPS) is 11.9. The third-order valence-electron chi connectivity index (χ3n) is 2.88. The molecule has 20 heavy (non-hydrogen) atoms. The van der Waals surface area contributed by atoms with Crippen molar-refractivity contribution in [3.05, 3.63) is 29.2 Å². The molecule has 0 unspecified atom stereocenters. The van der Waals surface area contributed by atoms with E-state index < -0.39 is 6.04 Å². The minimum absolute atomic E-state index is 0.271. The lowest BCUT2D eigenvalue weighted by Gasteiger charge is -2.15. The van der Waals surface area contributed by atoms with Crippen molar-refractivity contribution < 1.29 is 4.79 Å². The lowest BCUT2D eigenvalue weighted by atomic mass is 10.2. The molecule has 0 aliphatic carbocycles. The second-order valence-corrected chi connectivity index (χ2v) is 4.63. The number of hydrogen-bond donors (Lipinski definition) is 1. The smallest absolute Gasteiger partial charge is 0.250 e. The van der Waals surface area contributed by atoms with Gasteiger partial charge >= 0.3 is 0 Å². The summed E-state index contributed by atoms with van der Waals surface area (Å²) in [6, 6.07) is 1.48. The van der Waals surface area contributed by atoms with Crippen molar-refractivity contribution in [2.24, 2.45) is 7.05 Å². The molecule has 1 amide bonds. The molecular weight excluding hydrogens is 280 g/mol. The van der Waals surface area contributed by atoms with E-state index in [2.05, 4.69) is 15.5 Å². The summed E-state index contributed by atoms with van der Waals surface area (Å²) in [5.41, 5.74) is 0.314. The zero-order chi connectivity index (χ0) is 14.7. The lowest BCUT2D eigenvalue weighted by molar-refractivity contribution is -0.119. The molecule has 7 nitrogen and oxygen atoms in total. The number of nitrogens with zero attached hydrogens (tertiary/aromatic N) is 5. The first-order chi connectivity index (χ1) is 9.56.